The van der Waals surface area contributed by atoms with E-state index < -0.39 is 0 Å². The number of rotatable bonds is 6. The molecule has 0 aliphatic rings. The number of carbonyl (C=O) groups excluding carboxylic acids is 1. The summed E-state index contributed by atoms with van der Waals surface area (Å²) in [5.41, 5.74) is 2.59. The maximum absolute atomic E-state index is 13.3. The number of hydrogen-bond acceptors (Lipinski definition) is 4. The van der Waals surface area contributed by atoms with Crippen molar-refractivity contribution in [3.63, 3.8) is 0 Å². The molecule has 4 rings (SSSR count). The number of para-hydroxylation sites is 1. The highest BCUT2D eigenvalue weighted by Gasteiger charge is 2.15. The maximum Gasteiger partial charge on any atom is 0.266 e. The van der Waals surface area contributed by atoms with Crippen molar-refractivity contribution in [1.82, 2.24) is 14.9 Å². The van der Waals surface area contributed by atoms with E-state index in [1.165, 1.54) is 16.7 Å². The average Bonchev–Trinajstić information content (AvgIpc) is 2.79. The Morgan fingerprint density at radius 3 is 2.62 bits per heavy atom. The van der Waals surface area contributed by atoms with Crippen molar-refractivity contribution in [3.8, 4) is 5.69 Å². The predicted molar refractivity (Wildman–Crippen MR) is 126 cm³/mol. The fourth-order valence-electron chi connectivity index (χ4n) is 3.14. The van der Waals surface area contributed by atoms with E-state index in [2.05, 4.69) is 10.3 Å². The van der Waals surface area contributed by atoms with Crippen LogP contribution in [0.5, 0.6) is 0 Å². The van der Waals surface area contributed by atoms with Crippen molar-refractivity contribution < 1.29 is 9.18 Å². The SMILES string of the molecule is Cc1ccc(-n2c(SCC(=O)NCc3ccc(F)cc3)nc3ccccc3c2=O)cc1Cl. The molecule has 1 heterocycles. The number of aromatic nitrogens is 2. The molecule has 0 aliphatic heterocycles. The Morgan fingerprint density at radius 2 is 1.88 bits per heavy atom. The molecule has 1 N–H and O–H groups in total. The smallest absolute Gasteiger partial charge is 0.266 e. The van der Waals surface area contributed by atoms with Gasteiger partial charge in [-0.25, -0.2) is 9.37 Å². The molecule has 0 unspecified atom stereocenters. The van der Waals surface area contributed by atoms with Crippen LogP contribution in [0.25, 0.3) is 16.6 Å². The van der Waals surface area contributed by atoms with Crippen molar-refractivity contribution in [2.45, 2.75) is 18.6 Å². The normalized spacial score (nSPS) is 11.0. The third-order valence-electron chi connectivity index (χ3n) is 4.89. The molecule has 3 aromatic carbocycles. The minimum atomic E-state index is -0.327. The number of fused-ring (bicyclic) bond motifs is 1. The second-order valence-electron chi connectivity index (χ2n) is 7.18. The predicted octanol–water partition coefficient (Wildman–Crippen LogP) is 4.90. The second kappa shape index (κ2) is 9.54. The summed E-state index contributed by atoms with van der Waals surface area (Å²) in [5.74, 6) is -0.492. The van der Waals surface area contributed by atoms with Crippen molar-refractivity contribution in [2.24, 2.45) is 0 Å². The molecule has 0 radical (unpaired) electrons. The molecule has 0 bridgehead atoms. The van der Waals surface area contributed by atoms with Crippen LogP contribution in [-0.2, 0) is 11.3 Å². The zero-order chi connectivity index (χ0) is 22.7. The monoisotopic (exact) mass is 467 g/mol. The van der Waals surface area contributed by atoms with Gasteiger partial charge in [-0.15, -0.1) is 0 Å². The van der Waals surface area contributed by atoms with E-state index in [4.69, 9.17) is 11.6 Å². The Labute approximate surface area is 193 Å². The molecule has 0 spiro atoms. The number of nitrogens with one attached hydrogen (secondary N) is 1. The molecule has 32 heavy (non-hydrogen) atoms. The van der Waals surface area contributed by atoms with Crippen LogP contribution in [0.15, 0.2) is 76.7 Å². The van der Waals surface area contributed by atoms with Crippen LogP contribution >= 0.6 is 23.4 Å². The first-order chi connectivity index (χ1) is 15.4. The van der Waals surface area contributed by atoms with Crippen molar-refractivity contribution in [2.75, 3.05) is 5.75 Å². The summed E-state index contributed by atoms with van der Waals surface area (Å²) in [6, 6.07) is 18.4. The minimum Gasteiger partial charge on any atom is -0.351 e. The van der Waals surface area contributed by atoms with E-state index in [9.17, 15) is 14.0 Å². The quantitative estimate of drug-likeness (QED) is 0.324. The number of thioether (sulfide) groups is 1. The lowest BCUT2D eigenvalue weighted by Crippen LogP contribution is -2.26. The Morgan fingerprint density at radius 1 is 1.12 bits per heavy atom. The maximum atomic E-state index is 13.3. The van der Waals surface area contributed by atoms with Gasteiger partial charge in [0.05, 0.1) is 22.3 Å². The molecule has 1 aromatic heterocycles. The van der Waals surface area contributed by atoms with E-state index in [1.807, 2.05) is 19.1 Å². The molecule has 0 aliphatic carbocycles. The molecule has 5 nitrogen and oxygen atoms in total. The standard InChI is InChI=1S/C24H19ClFN3O2S/c1-15-6-11-18(12-20(15)25)29-23(31)19-4-2-3-5-21(19)28-24(29)32-14-22(30)27-13-16-7-9-17(26)10-8-16/h2-12H,13-14H2,1H3,(H,27,30). The number of carbonyl (C=O) groups is 1. The van der Waals surface area contributed by atoms with E-state index in [1.54, 1.807) is 42.5 Å². The lowest BCUT2D eigenvalue weighted by atomic mass is 10.2. The highest BCUT2D eigenvalue weighted by atomic mass is 35.5. The van der Waals surface area contributed by atoms with Gasteiger partial charge < -0.3 is 5.32 Å². The van der Waals surface area contributed by atoms with E-state index >= 15 is 0 Å². The Balaban J connectivity index is 1.60. The Hall–Kier alpha value is -3.16. The van der Waals surface area contributed by atoms with Crippen LogP contribution in [-0.4, -0.2) is 21.2 Å². The summed E-state index contributed by atoms with van der Waals surface area (Å²) in [6.07, 6.45) is 0. The molecule has 1 amide bonds. The number of nitrogens with zero attached hydrogens (tertiary/aromatic N) is 2. The largest absolute Gasteiger partial charge is 0.351 e. The summed E-state index contributed by atoms with van der Waals surface area (Å²) < 4.78 is 14.5. The lowest BCUT2D eigenvalue weighted by Gasteiger charge is -2.14. The number of amides is 1. The Kier molecular flexibility index (Phi) is 6.58. The van der Waals surface area contributed by atoms with Gasteiger partial charge >= 0.3 is 0 Å². The first kappa shape index (κ1) is 22.0. The van der Waals surface area contributed by atoms with Crippen molar-refractivity contribution in [3.05, 3.63) is 99.1 Å². The summed E-state index contributed by atoms with van der Waals surface area (Å²) in [6.45, 7) is 2.17. The number of benzene rings is 3. The first-order valence-electron chi connectivity index (χ1n) is 9.84. The van der Waals surface area contributed by atoms with Crippen LogP contribution in [0, 0.1) is 12.7 Å². The lowest BCUT2D eigenvalue weighted by molar-refractivity contribution is -0.118. The van der Waals surface area contributed by atoms with Gasteiger partial charge in [-0.1, -0.05) is 53.7 Å². The minimum absolute atomic E-state index is 0.0611. The van der Waals surface area contributed by atoms with Gasteiger partial charge in [0, 0.05) is 11.6 Å². The fraction of sp³-hybridized carbons (Fsp3) is 0.125. The van der Waals surface area contributed by atoms with Gasteiger partial charge in [-0.05, 0) is 54.4 Å². The summed E-state index contributed by atoms with van der Waals surface area (Å²) in [4.78, 5) is 30.3. The molecule has 162 valence electrons. The second-order valence-corrected chi connectivity index (χ2v) is 8.53. The van der Waals surface area contributed by atoms with Crippen LogP contribution in [0.3, 0.4) is 0 Å². The van der Waals surface area contributed by atoms with Gasteiger partial charge in [-0.3, -0.25) is 14.2 Å². The molecule has 0 saturated carbocycles. The van der Waals surface area contributed by atoms with E-state index in [-0.39, 0.29) is 29.6 Å². The zero-order valence-corrected chi connectivity index (χ0v) is 18.7. The van der Waals surface area contributed by atoms with Crippen LogP contribution in [0.2, 0.25) is 5.02 Å². The number of halogens is 2. The molecule has 0 fully saturated rings. The van der Waals surface area contributed by atoms with Gasteiger partial charge in [-0.2, -0.15) is 0 Å². The van der Waals surface area contributed by atoms with Gasteiger partial charge in [0.2, 0.25) is 5.91 Å². The topological polar surface area (TPSA) is 64.0 Å². The van der Waals surface area contributed by atoms with E-state index in [0.29, 0.717) is 26.8 Å². The molecular formula is C24H19ClFN3O2S. The third-order valence-corrected chi connectivity index (χ3v) is 6.24. The number of aryl methyl sites for hydroxylation is 1. The van der Waals surface area contributed by atoms with Gasteiger partial charge in [0.25, 0.3) is 5.56 Å². The Bertz CT molecular complexity index is 1360. The van der Waals surface area contributed by atoms with Crippen LogP contribution in [0.4, 0.5) is 4.39 Å². The zero-order valence-electron chi connectivity index (χ0n) is 17.1. The van der Waals surface area contributed by atoms with Crippen molar-refractivity contribution in [1.29, 1.82) is 0 Å². The summed E-state index contributed by atoms with van der Waals surface area (Å²) in [7, 11) is 0. The highest BCUT2D eigenvalue weighted by Crippen LogP contribution is 2.24. The summed E-state index contributed by atoms with van der Waals surface area (Å²) >= 11 is 7.46. The highest BCUT2D eigenvalue weighted by molar-refractivity contribution is 7.99. The van der Waals surface area contributed by atoms with Crippen molar-refractivity contribution >= 4 is 40.2 Å². The van der Waals surface area contributed by atoms with Gasteiger partial charge in [0.1, 0.15) is 5.82 Å². The molecule has 0 atom stereocenters. The molecular weight excluding hydrogens is 449 g/mol. The third kappa shape index (κ3) is 4.84. The van der Waals surface area contributed by atoms with E-state index in [0.717, 1.165) is 22.9 Å². The average molecular weight is 468 g/mol. The molecule has 8 heteroatoms. The van der Waals surface area contributed by atoms with Crippen LogP contribution < -0.4 is 10.9 Å². The van der Waals surface area contributed by atoms with Crippen LogP contribution in [0.1, 0.15) is 11.1 Å². The first-order valence-corrected chi connectivity index (χ1v) is 11.2. The summed E-state index contributed by atoms with van der Waals surface area (Å²) in [5, 5.41) is 4.21. The molecule has 0 saturated heterocycles. The number of hydrogen-bond donors (Lipinski definition) is 1. The molecule has 4 aromatic rings. The van der Waals surface area contributed by atoms with Gasteiger partial charge in [0.15, 0.2) is 5.16 Å². The fourth-order valence-corrected chi connectivity index (χ4v) is 4.16.